The van der Waals surface area contributed by atoms with Gasteiger partial charge in [-0.3, -0.25) is 0 Å². The van der Waals surface area contributed by atoms with Crippen molar-refractivity contribution < 1.29 is 13.9 Å². The SMILES string of the molecule is Fc1ccc2c(c1)CC(COc1ccc(CCl)cc1Cl)O2. The molecule has 0 saturated heterocycles. The highest BCUT2D eigenvalue weighted by molar-refractivity contribution is 6.32. The summed E-state index contributed by atoms with van der Waals surface area (Å²) in [5.41, 5.74) is 1.81. The fourth-order valence-electron chi connectivity index (χ4n) is 2.31. The van der Waals surface area contributed by atoms with Crippen LogP contribution in [0.1, 0.15) is 11.1 Å². The molecule has 0 N–H and O–H groups in total. The van der Waals surface area contributed by atoms with Crippen LogP contribution in [0.4, 0.5) is 4.39 Å². The summed E-state index contributed by atoms with van der Waals surface area (Å²) < 4.78 is 24.5. The average Bonchev–Trinajstić information content (AvgIpc) is 2.87. The zero-order valence-electron chi connectivity index (χ0n) is 11.1. The lowest BCUT2D eigenvalue weighted by atomic mass is 10.1. The molecule has 3 rings (SSSR count). The third kappa shape index (κ3) is 3.25. The van der Waals surface area contributed by atoms with Crippen molar-refractivity contribution in [3.8, 4) is 11.5 Å². The zero-order chi connectivity index (χ0) is 14.8. The number of hydrogen-bond acceptors (Lipinski definition) is 2. The number of rotatable bonds is 4. The van der Waals surface area contributed by atoms with Crippen LogP contribution in [0.5, 0.6) is 11.5 Å². The summed E-state index contributed by atoms with van der Waals surface area (Å²) >= 11 is 11.9. The quantitative estimate of drug-likeness (QED) is 0.764. The summed E-state index contributed by atoms with van der Waals surface area (Å²) in [7, 11) is 0. The molecule has 2 nitrogen and oxygen atoms in total. The fourth-order valence-corrected chi connectivity index (χ4v) is 2.73. The molecular weight excluding hydrogens is 314 g/mol. The van der Waals surface area contributed by atoms with E-state index in [2.05, 4.69) is 0 Å². The van der Waals surface area contributed by atoms with Crippen LogP contribution >= 0.6 is 23.2 Å². The van der Waals surface area contributed by atoms with E-state index in [0.29, 0.717) is 35.4 Å². The molecule has 1 atom stereocenters. The summed E-state index contributed by atoms with van der Waals surface area (Å²) in [4.78, 5) is 0. The number of benzene rings is 2. The molecule has 2 aromatic rings. The Hall–Kier alpha value is -1.45. The van der Waals surface area contributed by atoms with Crippen molar-refractivity contribution in [3.63, 3.8) is 0 Å². The number of fused-ring (bicyclic) bond motifs is 1. The highest BCUT2D eigenvalue weighted by Gasteiger charge is 2.24. The topological polar surface area (TPSA) is 18.5 Å². The Morgan fingerprint density at radius 3 is 2.86 bits per heavy atom. The summed E-state index contributed by atoms with van der Waals surface area (Å²) in [6, 6.07) is 9.98. The molecule has 0 amide bonds. The van der Waals surface area contributed by atoms with Crippen LogP contribution in [0.3, 0.4) is 0 Å². The summed E-state index contributed by atoms with van der Waals surface area (Å²) in [6.45, 7) is 0.357. The fraction of sp³-hybridized carbons (Fsp3) is 0.250. The molecule has 0 fully saturated rings. The molecule has 0 radical (unpaired) electrons. The van der Waals surface area contributed by atoms with Gasteiger partial charge in [0.15, 0.2) is 0 Å². The van der Waals surface area contributed by atoms with Gasteiger partial charge in [0.1, 0.15) is 30.0 Å². The lowest BCUT2D eigenvalue weighted by Crippen LogP contribution is -2.22. The molecule has 0 aromatic heterocycles. The Morgan fingerprint density at radius 1 is 1.24 bits per heavy atom. The first-order chi connectivity index (χ1) is 10.2. The third-order valence-corrected chi connectivity index (χ3v) is 3.94. The van der Waals surface area contributed by atoms with E-state index in [-0.39, 0.29) is 11.9 Å². The van der Waals surface area contributed by atoms with Gasteiger partial charge in [-0.2, -0.15) is 0 Å². The van der Waals surface area contributed by atoms with Crippen LogP contribution < -0.4 is 9.47 Å². The first-order valence-electron chi connectivity index (χ1n) is 6.58. The molecule has 1 aliphatic heterocycles. The molecule has 5 heteroatoms. The van der Waals surface area contributed by atoms with Crippen LogP contribution in [0.2, 0.25) is 5.02 Å². The van der Waals surface area contributed by atoms with Crippen LogP contribution in [0.25, 0.3) is 0 Å². The van der Waals surface area contributed by atoms with E-state index in [4.69, 9.17) is 32.7 Å². The smallest absolute Gasteiger partial charge is 0.138 e. The minimum atomic E-state index is -0.251. The van der Waals surface area contributed by atoms with E-state index >= 15 is 0 Å². The predicted molar refractivity (Wildman–Crippen MR) is 81.0 cm³/mol. The number of ether oxygens (including phenoxy) is 2. The zero-order valence-corrected chi connectivity index (χ0v) is 12.6. The highest BCUT2D eigenvalue weighted by Crippen LogP contribution is 2.31. The molecule has 2 aromatic carbocycles. The maximum atomic E-state index is 13.1. The van der Waals surface area contributed by atoms with E-state index in [1.165, 1.54) is 12.1 Å². The molecular formula is C16H13Cl2FO2. The van der Waals surface area contributed by atoms with E-state index in [9.17, 15) is 4.39 Å². The van der Waals surface area contributed by atoms with Gasteiger partial charge in [-0.05, 0) is 35.9 Å². The van der Waals surface area contributed by atoms with E-state index < -0.39 is 0 Å². The highest BCUT2D eigenvalue weighted by atomic mass is 35.5. The number of halogens is 3. The standard InChI is InChI=1S/C16H13Cl2FO2/c17-8-10-1-3-16(14(18)5-10)20-9-13-7-11-6-12(19)2-4-15(11)21-13/h1-6,13H,7-9H2. The van der Waals surface area contributed by atoms with Crippen LogP contribution in [-0.2, 0) is 12.3 Å². The normalized spacial score (nSPS) is 16.4. The lowest BCUT2D eigenvalue weighted by molar-refractivity contribution is 0.148. The second kappa shape index (κ2) is 6.12. The van der Waals surface area contributed by atoms with Crippen molar-refractivity contribution in [1.82, 2.24) is 0 Å². The van der Waals surface area contributed by atoms with Crippen LogP contribution in [0, 0.1) is 5.82 Å². The van der Waals surface area contributed by atoms with Gasteiger partial charge < -0.3 is 9.47 Å². The van der Waals surface area contributed by atoms with Gasteiger partial charge in [0, 0.05) is 17.9 Å². The van der Waals surface area contributed by atoms with Crippen molar-refractivity contribution >= 4 is 23.2 Å². The van der Waals surface area contributed by atoms with Gasteiger partial charge in [0.2, 0.25) is 0 Å². The Kier molecular flexibility index (Phi) is 4.22. The van der Waals surface area contributed by atoms with Crippen LogP contribution in [0.15, 0.2) is 36.4 Å². The first-order valence-corrected chi connectivity index (χ1v) is 7.49. The Balaban J connectivity index is 1.62. The maximum absolute atomic E-state index is 13.1. The van der Waals surface area contributed by atoms with Gasteiger partial charge >= 0.3 is 0 Å². The molecule has 0 saturated carbocycles. The molecule has 0 bridgehead atoms. The van der Waals surface area contributed by atoms with Crippen molar-refractivity contribution in [2.24, 2.45) is 0 Å². The van der Waals surface area contributed by atoms with Gasteiger partial charge in [-0.25, -0.2) is 4.39 Å². The first kappa shape index (κ1) is 14.5. The van der Waals surface area contributed by atoms with E-state index in [1.54, 1.807) is 18.2 Å². The van der Waals surface area contributed by atoms with Crippen molar-refractivity contribution in [2.45, 2.75) is 18.4 Å². The Labute approximate surface area is 132 Å². The van der Waals surface area contributed by atoms with Crippen LogP contribution in [-0.4, -0.2) is 12.7 Å². The van der Waals surface area contributed by atoms with Crippen molar-refractivity contribution in [2.75, 3.05) is 6.61 Å². The Bertz CT molecular complexity index is 661. The number of alkyl halides is 1. The maximum Gasteiger partial charge on any atom is 0.138 e. The molecule has 0 spiro atoms. The lowest BCUT2D eigenvalue weighted by Gasteiger charge is -2.13. The minimum absolute atomic E-state index is 0.134. The van der Waals surface area contributed by atoms with Gasteiger partial charge in [0.05, 0.1) is 5.02 Å². The average molecular weight is 327 g/mol. The number of hydrogen-bond donors (Lipinski definition) is 0. The van der Waals surface area contributed by atoms with E-state index in [1.807, 2.05) is 6.07 Å². The predicted octanol–water partition coefficient (Wildman–Crippen LogP) is 4.60. The second-order valence-corrected chi connectivity index (χ2v) is 5.58. The summed E-state index contributed by atoms with van der Waals surface area (Å²) in [5, 5.41) is 0.523. The third-order valence-electron chi connectivity index (χ3n) is 3.34. The molecule has 1 aliphatic rings. The summed E-state index contributed by atoms with van der Waals surface area (Å²) in [6.07, 6.45) is 0.496. The summed E-state index contributed by atoms with van der Waals surface area (Å²) in [5.74, 6) is 1.47. The molecule has 0 aliphatic carbocycles. The molecule has 21 heavy (non-hydrogen) atoms. The van der Waals surface area contributed by atoms with Crippen molar-refractivity contribution in [1.29, 1.82) is 0 Å². The second-order valence-electron chi connectivity index (χ2n) is 4.91. The van der Waals surface area contributed by atoms with E-state index in [0.717, 1.165) is 11.1 Å². The molecule has 1 heterocycles. The molecule has 110 valence electrons. The molecule has 1 unspecified atom stereocenters. The van der Waals surface area contributed by atoms with Gasteiger partial charge in [-0.1, -0.05) is 17.7 Å². The Morgan fingerprint density at radius 2 is 2.10 bits per heavy atom. The van der Waals surface area contributed by atoms with Crippen molar-refractivity contribution in [3.05, 3.63) is 58.4 Å². The largest absolute Gasteiger partial charge is 0.488 e. The minimum Gasteiger partial charge on any atom is -0.488 e. The van der Waals surface area contributed by atoms with Gasteiger partial charge in [0.25, 0.3) is 0 Å². The monoisotopic (exact) mass is 326 g/mol. The van der Waals surface area contributed by atoms with Gasteiger partial charge in [-0.15, -0.1) is 11.6 Å².